The number of rotatable bonds is 5. The molecule has 1 aromatic heterocycles. The van der Waals surface area contributed by atoms with Crippen molar-refractivity contribution in [2.45, 2.75) is 51.7 Å². The summed E-state index contributed by atoms with van der Waals surface area (Å²) < 4.78 is 5.59. The van der Waals surface area contributed by atoms with Gasteiger partial charge in [-0.1, -0.05) is 24.0 Å². The molecule has 0 aliphatic carbocycles. The smallest absolute Gasteiger partial charge is 0.225 e. The van der Waals surface area contributed by atoms with Crippen LogP contribution in [0.5, 0.6) is 0 Å². The zero-order chi connectivity index (χ0) is 21.6. The number of hydrogen-bond acceptors (Lipinski definition) is 5. The molecule has 3 rings (SSSR count). The maximum Gasteiger partial charge on any atom is 0.225 e. The van der Waals surface area contributed by atoms with E-state index in [1.54, 1.807) is 19.5 Å². The third-order valence-electron chi connectivity index (χ3n) is 5.53. The van der Waals surface area contributed by atoms with Crippen molar-refractivity contribution in [1.29, 1.82) is 0 Å². The molecule has 158 valence electrons. The Morgan fingerprint density at radius 1 is 1.17 bits per heavy atom. The van der Waals surface area contributed by atoms with Crippen molar-refractivity contribution >= 4 is 11.9 Å². The number of benzene rings is 1. The number of carbonyl (C=O) groups is 1. The highest BCUT2D eigenvalue weighted by atomic mass is 16.5. The summed E-state index contributed by atoms with van der Waals surface area (Å²) in [7, 11) is 1.78. The van der Waals surface area contributed by atoms with Gasteiger partial charge in [-0.25, -0.2) is 9.97 Å². The zero-order valence-corrected chi connectivity index (χ0v) is 18.2. The first-order chi connectivity index (χ1) is 14.4. The Bertz CT molecular complexity index is 905. The van der Waals surface area contributed by atoms with E-state index < -0.39 is 0 Å². The van der Waals surface area contributed by atoms with Gasteiger partial charge in [0.25, 0.3) is 0 Å². The van der Waals surface area contributed by atoms with Crippen molar-refractivity contribution in [3.63, 3.8) is 0 Å². The second-order valence-corrected chi connectivity index (χ2v) is 8.17. The lowest BCUT2D eigenvalue weighted by atomic mass is 9.94. The van der Waals surface area contributed by atoms with Crippen LogP contribution in [0.15, 0.2) is 36.7 Å². The molecule has 0 bridgehead atoms. The highest BCUT2D eigenvalue weighted by Gasteiger charge is 2.30. The molecule has 1 unspecified atom stereocenters. The molecule has 1 amide bonds. The second kappa shape index (κ2) is 9.73. The van der Waals surface area contributed by atoms with E-state index in [4.69, 9.17) is 4.74 Å². The van der Waals surface area contributed by atoms with Gasteiger partial charge >= 0.3 is 0 Å². The fourth-order valence-electron chi connectivity index (χ4n) is 3.55. The zero-order valence-electron chi connectivity index (χ0n) is 18.2. The van der Waals surface area contributed by atoms with E-state index >= 15 is 0 Å². The molecule has 2 aromatic rings. The minimum absolute atomic E-state index is 0.00744. The average molecular weight is 407 g/mol. The fraction of sp³-hybridized carbons (Fsp3) is 0.458. The number of piperidine rings is 1. The van der Waals surface area contributed by atoms with Crippen LogP contribution in [0, 0.1) is 11.8 Å². The normalized spacial score (nSPS) is 16.3. The van der Waals surface area contributed by atoms with Crippen LogP contribution in [0.25, 0.3) is 0 Å². The lowest BCUT2D eigenvalue weighted by Crippen LogP contribution is -2.44. The number of nitrogens with zero attached hydrogens (tertiary/aromatic N) is 3. The lowest BCUT2D eigenvalue weighted by Gasteiger charge is -2.38. The Balaban J connectivity index is 1.57. The van der Waals surface area contributed by atoms with E-state index in [1.165, 1.54) is 12.5 Å². The van der Waals surface area contributed by atoms with Crippen LogP contribution in [0.2, 0.25) is 0 Å². The Labute approximate surface area is 179 Å². The molecule has 1 saturated heterocycles. The van der Waals surface area contributed by atoms with E-state index in [9.17, 15) is 4.79 Å². The van der Waals surface area contributed by atoms with Gasteiger partial charge in [-0.05, 0) is 50.8 Å². The molecule has 2 heterocycles. The molecule has 0 radical (unpaired) electrons. The summed E-state index contributed by atoms with van der Waals surface area (Å²) in [5, 5.41) is 2.90. The number of nitrogens with one attached hydrogen (secondary N) is 1. The monoisotopic (exact) mass is 406 g/mol. The van der Waals surface area contributed by atoms with Crippen molar-refractivity contribution in [2.75, 3.05) is 25.1 Å². The minimum Gasteiger partial charge on any atom is -0.378 e. The van der Waals surface area contributed by atoms with Gasteiger partial charge in [-0.3, -0.25) is 4.79 Å². The first-order valence-electron chi connectivity index (χ1n) is 10.4. The number of ether oxygens (including phenoxy) is 1. The van der Waals surface area contributed by atoms with Gasteiger partial charge < -0.3 is 15.0 Å². The van der Waals surface area contributed by atoms with Gasteiger partial charge in [0.05, 0.1) is 11.2 Å². The maximum absolute atomic E-state index is 11.1. The predicted octanol–water partition coefficient (Wildman–Crippen LogP) is 2.95. The summed E-state index contributed by atoms with van der Waals surface area (Å²) in [5.41, 5.74) is 2.85. The van der Waals surface area contributed by atoms with E-state index in [0.29, 0.717) is 0 Å². The average Bonchev–Trinajstić information content (AvgIpc) is 2.74. The van der Waals surface area contributed by atoms with Gasteiger partial charge in [-0.2, -0.15) is 0 Å². The molecular formula is C24H30N4O2. The standard InChI is InChI=1S/C24H30N4O2/c1-18(27-19(2)29)15-21-8-5-20(6-9-21)7-10-22-16-25-23(26-17-22)28-13-11-24(3,30-4)12-14-28/h5-6,8-9,16-18H,11-15H2,1-4H3,(H,27,29). The van der Waals surface area contributed by atoms with Gasteiger partial charge in [0.15, 0.2) is 0 Å². The molecule has 1 N–H and O–H groups in total. The highest BCUT2D eigenvalue weighted by Crippen LogP contribution is 2.26. The van der Waals surface area contributed by atoms with Crippen LogP contribution in [-0.2, 0) is 16.0 Å². The van der Waals surface area contributed by atoms with Gasteiger partial charge in [-0.15, -0.1) is 0 Å². The third-order valence-corrected chi connectivity index (χ3v) is 5.53. The van der Waals surface area contributed by atoms with Crippen molar-refractivity contribution in [1.82, 2.24) is 15.3 Å². The molecule has 30 heavy (non-hydrogen) atoms. The molecule has 1 aliphatic heterocycles. The lowest BCUT2D eigenvalue weighted by molar-refractivity contribution is -0.119. The van der Waals surface area contributed by atoms with Gasteiger partial charge in [0.1, 0.15) is 0 Å². The van der Waals surface area contributed by atoms with Crippen molar-refractivity contribution in [3.8, 4) is 11.8 Å². The van der Waals surface area contributed by atoms with Crippen LogP contribution < -0.4 is 10.2 Å². The molecule has 1 aliphatic rings. The van der Waals surface area contributed by atoms with Gasteiger partial charge in [0.2, 0.25) is 11.9 Å². The van der Waals surface area contributed by atoms with Crippen molar-refractivity contribution in [3.05, 3.63) is 53.3 Å². The summed E-state index contributed by atoms with van der Waals surface area (Å²) in [6.45, 7) is 7.47. The van der Waals surface area contributed by atoms with Crippen molar-refractivity contribution < 1.29 is 9.53 Å². The maximum atomic E-state index is 11.1. The Kier molecular flexibility index (Phi) is 7.07. The molecule has 1 aromatic carbocycles. The molecular weight excluding hydrogens is 376 g/mol. The van der Waals surface area contributed by atoms with Crippen LogP contribution in [0.1, 0.15) is 50.3 Å². The first-order valence-corrected chi connectivity index (χ1v) is 10.4. The number of hydrogen-bond donors (Lipinski definition) is 1. The summed E-state index contributed by atoms with van der Waals surface area (Å²) in [6, 6.07) is 8.20. The summed E-state index contributed by atoms with van der Waals surface area (Å²) in [6.07, 6.45) is 6.29. The summed E-state index contributed by atoms with van der Waals surface area (Å²) >= 11 is 0. The van der Waals surface area contributed by atoms with Crippen LogP contribution >= 0.6 is 0 Å². The topological polar surface area (TPSA) is 67.3 Å². The number of anilines is 1. The third kappa shape index (κ3) is 6.04. The van der Waals surface area contributed by atoms with E-state index in [1.807, 2.05) is 31.2 Å². The highest BCUT2D eigenvalue weighted by molar-refractivity contribution is 5.73. The van der Waals surface area contributed by atoms with Crippen LogP contribution in [-0.4, -0.2) is 47.7 Å². The Hall–Kier alpha value is -2.91. The molecule has 1 fully saturated rings. The molecule has 6 heteroatoms. The quantitative estimate of drug-likeness (QED) is 0.774. The Morgan fingerprint density at radius 2 is 1.77 bits per heavy atom. The van der Waals surface area contributed by atoms with Crippen LogP contribution in [0.3, 0.4) is 0 Å². The summed E-state index contributed by atoms with van der Waals surface area (Å²) in [4.78, 5) is 22.3. The number of methoxy groups -OCH3 is 1. The SMILES string of the molecule is COC1(C)CCN(c2ncc(C#Cc3ccc(CC(C)NC(C)=O)cc3)cn2)CC1. The second-order valence-electron chi connectivity index (χ2n) is 8.17. The number of carbonyl (C=O) groups excluding carboxylic acids is 1. The largest absolute Gasteiger partial charge is 0.378 e. The molecule has 0 spiro atoms. The molecule has 1 atom stereocenters. The number of aromatic nitrogens is 2. The van der Waals surface area contributed by atoms with E-state index in [0.717, 1.165) is 49.4 Å². The predicted molar refractivity (Wildman–Crippen MR) is 118 cm³/mol. The van der Waals surface area contributed by atoms with Crippen LogP contribution in [0.4, 0.5) is 5.95 Å². The van der Waals surface area contributed by atoms with Crippen molar-refractivity contribution in [2.24, 2.45) is 0 Å². The van der Waals surface area contributed by atoms with E-state index in [2.05, 4.69) is 38.9 Å². The summed E-state index contributed by atoms with van der Waals surface area (Å²) in [5.74, 6) is 7.03. The molecule has 0 saturated carbocycles. The molecule has 6 nitrogen and oxygen atoms in total. The Morgan fingerprint density at radius 3 is 2.33 bits per heavy atom. The minimum atomic E-state index is -0.0422. The van der Waals surface area contributed by atoms with E-state index in [-0.39, 0.29) is 17.6 Å². The number of amides is 1. The fourth-order valence-corrected chi connectivity index (χ4v) is 3.55. The first kappa shape index (κ1) is 21.8. The van der Waals surface area contributed by atoms with Gasteiger partial charge in [0, 0.05) is 51.1 Å².